The van der Waals surface area contributed by atoms with Gasteiger partial charge in [-0.25, -0.2) is 19.7 Å². The summed E-state index contributed by atoms with van der Waals surface area (Å²) in [5, 5.41) is 7.12. The molecule has 11 heteroatoms. The van der Waals surface area contributed by atoms with E-state index >= 15 is 0 Å². The number of hydrogen-bond acceptors (Lipinski definition) is 7. The second kappa shape index (κ2) is 9.03. The molecule has 0 aromatic carbocycles. The summed E-state index contributed by atoms with van der Waals surface area (Å²) in [6, 6.07) is 7.97. The average Bonchev–Trinajstić information content (AvgIpc) is 3.12. The lowest BCUT2D eigenvalue weighted by Gasteiger charge is -2.39. The monoisotopic (exact) mass is 412 g/mol. The van der Waals surface area contributed by atoms with E-state index in [1.54, 1.807) is 18.7 Å². The summed E-state index contributed by atoms with van der Waals surface area (Å²) >= 11 is 0. The van der Waals surface area contributed by atoms with Gasteiger partial charge in [0.05, 0.1) is 12.6 Å². The maximum absolute atomic E-state index is 10.6. The minimum atomic E-state index is -5.08. The third-order valence-electron chi connectivity index (χ3n) is 4.55. The van der Waals surface area contributed by atoms with Crippen LogP contribution in [0.2, 0.25) is 0 Å². The van der Waals surface area contributed by atoms with Crippen molar-refractivity contribution in [1.29, 1.82) is 0 Å². The van der Waals surface area contributed by atoms with Gasteiger partial charge in [-0.05, 0) is 25.0 Å². The number of nitrogens with zero attached hydrogens (tertiary/aromatic N) is 4. The van der Waals surface area contributed by atoms with Crippen molar-refractivity contribution in [2.24, 2.45) is 0 Å². The van der Waals surface area contributed by atoms with Gasteiger partial charge < -0.3 is 19.5 Å². The molecule has 2 aromatic rings. The first kappa shape index (κ1) is 20.8. The van der Waals surface area contributed by atoms with Crippen LogP contribution in [0.1, 0.15) is 12.8 Å². The van der Waals surface area contributed by atoms with Crippen molar-refractivity contribution >= 4 is 11.8 Å². The van der Waals surface area contributed by atoms with Gasteiger partial charge in [-0.1, -0.05) is 6.07 Å². The van der Waals surface area contributed by atoms with Crippen LogP contribution in [0, 0.1) is 0 Å². The third kappa shape index (κ3) is 5.31. The Morgan fingerprint density at radius 2 is 2.00 bits per heavy atom. The van der Waals surface area contributed by atoms with Crippen molar-refractivity contribution in [2.45, 2.75) is 37.3 Å². The number of morpholine rings is 1. The van der Waals surface area contributed by atoms with Gasteiger partial charge in [0.15, 0.2) is 0 Å². The third-order valence-corrected chi connectivity index (χ3v) is 4.55. The molecule has 3 heterocycles. The zero-order valence-corrected chi connectivity index (χ0v) is 15.2. The highest BCUT2D eigenvalue weighted by Gasteiger charge is 2.44. The molecule has 156 valence electrons. The molecular weight excluding hydrogens is 393 g/mol. The van der Waals surface area contributed by atoms with Crippen molar-refractivity contribution < 1.29 is 32.5 Å². The van der Waals surface area contributed by atoms with Crippen molar-refractivity contribution in [3.8, 4) is 5.88 Å². The van der Waals surface area contributed by atoms with Gasteiger partial charge in [-0.15, -0.1) is 0 Å². The van der Waals surface area contributed by atoms with E-state index in [1.165, 1.54) is 0 Å². The first-order valence-electron chi connectivity index (χ1n) is 8.88. The second-order valence-corrected chi connectivity index (χ2v) is 6.37. The number of ether oxygens (including phenoxy) is 2. The van der Waals surface area contributed by atoms with Crippen LogP contribution >= 0.6 is 0 Å². The molecule has 3 atom stereocenters. The van der Waals surface area contributed by atoms with Gasteiger partial charge in [0, 0.05) is 25.0 Å². The summed E-state index contributed by atoms with van der Waals surface area (Å²) in [6.07, 6.45) is 2.15. The van der Waals surface area contributed by atoms with Crippen molar-refractivity contribution in [3.63, 3.8) is 0 Å². The Morgan fingerprint density at radius 3 is 2.62 bits per heavy atom. The molecule has 2 aromatic heterocycles. The van der Waals surface area contributed by atoms with E-state index in [-0.39, 0.29) is 12.2 Å². The Morgan fingerprint density at radius 1 is 1.21 bits per heavy atom. The van der Waals surface area contributed by atoms with Crippen LogP contribution in [0.25, 0.3) is 0 Å². The van der Waals surface area contributed by atoms with Crippen LogP contribution in [0.4, 0.5) is 19.0 Å². The number of pyridine rings is 1. The summed E-state index contributed by atoms with van der Waals surface area (Å²) in [7, 11) is 0. The molecule has 0 radical (unpaired) electrons. The van der Waals surface area contributed by atoms with Crippen LogP contribution in [0.5, 0.6) is 5.88 Å². The maximum Gasteiger partial charge on any atom is 0.490 e. The van der Waals surface area contributed by atoms with Crippen molar-refractivity contribution in [1.82, 2.24) is 15.0 Å². The van der Waals surface area contributed by atoms with Gasteiger partial charge >= 0.3 is 12.1 Å². The number of anilines is 1. The Bertz CT molecular complexity index is 795. The number of carboxylic acids is 1. The van der Waals surface area contributed by atoms with E-state index in [2.05, 4.69) is 19.9 Å². The summed E-state index contributed by atoms with van der Waals surface area (Å²) in [6.45, 7) is 1.54. The van der Waals surface area contributed by atoms with E-state index in [0.29, 0.717) is 18.5 Å². The molecule has 0 unspecified atom stereocenters. The zero-order valence-electron chi connectivity index (χ0n) is 15.2. The lowest BCUT2D eigenvalue weighted by molar-refractivity contribution is -0.192. The van der Waals surface area contributed by atoms with Crippen LogP contribution < -0.4 is 9.64 Å². The molecule has 1 N–H and O–H groups in total. The topological polar surface area (TPSA) is 97.7 Å². The summed E-state index contributed by atoms with van der Waals surface area (Å²) in [5.74, 6) is -1.13. The van der Waals surface area contributed by atoms with Gasteiger partial charge in [0.25, 0.3) is 0 Å². The predicted molar refractivity (Wildman–Crippen MR) is 94.5 cm³/mol. The van der Waals surface area contributed by atoms with Crippen molar-refractivity contribution in [2.75, 3.05) is 18.1 Å². The SMILES string of the molecule is O=C(O)C(F)(F)F.c1ccc(O[C@H]2CC[C@H]3[C@H]2OCCN3c2ccncn2)nc1. The number of alkyl halides is 3. The van der Waals surface area contributed by atoms with Gasteiger partial charge in [-0.3, -0.25) is 0 Å². The minimum absolute atomic E-state index is 0.0459. The Labute approximate surface area is 164 Å². The number of halogens is 3. The molecule has 29 heavy (non-hydrogen) atoms. The van der Waals surface area contributed by atoms with E-state index in [1.807, 2.05) is 24.3 Å². The number of aromatic nitrogens is 3. The van der Waals surface area contributed by atoms with Crippen LogP contribution in [-0.4, -0.2) is 63.6 Å². The number of fused-ring (bicyclic) bond motifs is 1. The van der Waals surface area contributed by atoms with Crippen LogP contribution in [0.3, 0.4) is 0 Å². The fraction of sp³-hybridized carbons (Fsp3) is 0.444. The molecule has 1 saturated carbocycles. The van der Waals surface area contributed by atoms with Crippen LogP contribution in [0.15, 0.2) is 43.0 Å². The fourth-order valence-electron chi connectivity index (χ4n) is 3.35. The number of rotatable bonds is 3. The average molecular weight is 412 g/mol. The second-order valence-electron chi connectivity index (χ2n) is 6.37. The minimum Gasteiger partial charge on any atom is -0.475 e. The van der Waals surface area contributed by atoms with Gasteiger partial charge in [0.2, 0.25) is 5.88 Å². The summed E-state index contributed by atoms with van der Waals surface area (Å²) in [4.78, 5) is 23.8. The van der Waals surface area contributed by atoms with Crippen LogP contribution in [-0.2, 0) is 9.53 Å². The molecule has 0 spiro atoms. The highest BCUT2D eigenvalue weighted by molar-refractivity contribution is 5.73. The summed E-state index contributed by atoms with van der Waals surface area (Å²) in [5.41, 5.74) is 0. The largest absolute Gasteiger partial charge is 0.490 e. The molecule has 8 nitrogen and oxygen atoms in total. The van der Waals surface area contributed by atoms with E-state index < -0.39 is 12.1 Å². The molecule has 0 amide bonds. The van der Waals surface area contributed by atoms with E-state index in [0.717, 1.165) is 25.2 Å². The number of carbonyl (C=O) groups is 1. The molecule has 1 aliphatic heterocycles. The highest BCUT2D eigenvalue weighted by Crippen LogP contribution is 2.34. The maximum atomic E-state index is 10.6. The zero-order chi connectivity index (χ0) is 20.9. The molecular formula is C18H19F3N4O4. The fourth-order valence-corrected chi connectivity index (χ4v) is 3.35. The van der Waals surface area contributed by atoms with E-state index in [9.17, 15) is 13.2 Å². The first-order chi connectivity index (χ1) is 13.9. The molecule has 4 rings (SSSR count). The Balaban J connectivity index is 0.000000298. The number of hydrogen-bond donors (Lipinski definition) is 1. The van der Waals surface area contributed by atoms with Gasteiger partial charge in [0.1, 0.15) is 24.4 Å². The predicted octanol–water partition coefficient (Wildman–Crippen LogP) is 2.32. The standard InChI is InChI=1S/C16H18N4O2.C2HF3O2/c1-2-7-18-15(3-1)22-13-5-4-12-16(13)21-10-9-20(12)14-6-8-17-11-19-14;3-2(4,5)1(6)7/h1-3,6-8,11-13,16H,4-5,9-10H2;(H,6,7)/t12-,13-,16+;/m0./s1. The molecule has 2 fully saturated rings. The number of aliphatic carboxylic acids is 1. The Kier molecular flexibility index (Phi) is 6.47. The normalized spacial score (nSPS) is 23.6. The molecule has 1 saturated heterocycles. The lowest BCUT2D eigenvalue weighted by atomic mass is 10.1. The lowest BCUT2D eigenvalue weighted by Crippen LogP contribution is -2.52. The molecule has 1 aliphatic carbocycles. The quantitative estimate of drug-likeness (QED) is 0.820. The van der Waals surface area contributed by atoms with Gasteiger partial charge in [-0.2, -0.15) is 13.2 Å². The molecule has 0 bridgehead atoms. The molecule has 2 aliphatic rings. The number of carboxylic acid groups (broad SMARTS) is 1. The summed E-state index contributed by atoms with van der Waals surface area (Å²) < 4.78 is 43.8. The van der Waals surface area contributed by atoms with Crippen molar-refractivity contribution in [3.05, 3.63) is 43.0 Å². The Hall–Kier alpha value is -2.95. The highest BCUT2D eigenvalue weighted by atomic mass is 19.4. The van der Waals surface area contributed by atoms with E-state index in [4.69, 9.17) is 19.4 Å². The first-order valence-corrected chi connectivity index (χ1v) is 8.88. The smallest absolute Gasteiger partial charge is 0.475 e.